The molecule has 0 radical (unpaired) electrons. The topological polar surface area (TPSA) is 67.8 Å². The monoisotopic (exact) mass is 275 g/mol. The molecule has 0 amide bonds. The van der Waals surface area contributed by atoms with Gasteiger partial charge < -0.3 is 19.9 Å². The molecule has 0 aliphatic heterocycles. The maximum Gasteiger partial charge on any atom is 0.335 e. The summed E-state index contributed by atoms with van der Waals surface area (Å²) in [5.41, 5.74) is -0.830. The Kier molecular flexibility index (Phi) is 5.65. The summed E-state index contributed by atoms with van der Waals surface area (Å²) in [6, 6.07) is 1.51. The average molecular weight is 275 g/mol. The van der Waals surface area contributed by atoms with E-state index in [-0.39, 0.29) is 24.9 Å². The molecule has 7 heteroatoms. The van der Waals surface area contributed by atoms with Crippen LogP contribution in [0.1, 0.15) is 10.4 Å². The summed E-state index contributed by atoms with van der Waals surface area (Å²) in [6.07, 6.45) is -0.372. The smallest absolute Gasteiger partial charge is 0.335 e. The lowest BCUT2D eigenvalue weighted by molar-refractivity contribution is 0.0365. The first kappa shape index (κ1) is 15.3. The number of benzene rings is 1. The number of carboxylic acid groups (broad SMARTS) is 1. The van der Waals surface area contributed by atoms with E-state index in [0.717, 1.165) is 12.1 Å². The zero-order valence-corrected chi connectivity index (χ0v) is 10.6. The van der Waals surface area contributed by atoms with Gasteiger partial charge >= 0.3 is 5.97 Å². The fourth-order valence-electron chi connectivity index (χ4n) is 1.48. The maximum atomic E-state index is 13.6. The normalized spacial score (nSPS) is 12.2. The Morgan fingerprint density at radius 3 is 2.37 bits per heavy atom. The number of halogens is 2. The second kappa shape index (κ2) is 7.01. The van der Waals surface area contributed by atoms with E-state index in [9.17, 15) is 13.6 Å². The Morgan fingerprint density at radius 1 is 1.37 bits per heavy atom. The lowest BCUT2D eigenvalue weighted by atomic mass is 10.2. The van der Waals surface area contributed by atoms with Crippen LogP contribution in [-0.2, 0) is 9.47 Å². The Labute approximate surface area is 109 Å². The van der Waals surface area contributed by atoms with Gasteiger partial charge in [0.05, 0.1) is 18.3 Å². The number of anilines is 1. The summed E-state index contributed by atoms with van der Waals surface area (Å²) in [5.74, 6) is -3.33. The van der Waals surface area contributed by atoms with Crippen molar-refractivity contribution in [3.8, 4) is 0 Å². The minimum atomic E-state index is -1.39. The van der Waals surface area contributed by atoms with E-state index in [1.54, 1.807) is 0 Å². The summed E-state index contributed by atoms with van der Waals surface area (Å²) < 4.78 is 37.0. The summed E-state index contributed by atoms with van der Waals surface area (Å²) in [5, 5.41) is 11.2. The van der Waals surface area contributed by atoms with Crippen molar-refractivity contribution < 1.29 is 28.2 Å². The molecular formula is C12H15F2NO4. The highest BCUT2D eigenvalue weighted by atomic mass is 19.1. The number of ether oxygens (including phenoxy) is 2. The average Bonchev–Trinajstić information content (AvgIpc) is 2.36. The standard InChI is InChI=1S/C12H15F2NO4/c1-18-6-8(19-2)5-15-11-9(13)3-7(12(16)17)4-10(11)14/h3-4,8,15H,5-6H2,1-2H3,(H,16,17). The van der Waals surface area contributed by atoms with Crippen molar-refractivity contribution >= 4 is 11.7 Å². The van der Waals surface area contributed by atoms with Crippen LogP contribution in [0, 0.1) is 11.6 Å². The lowest BCUT2D eigenvalue weighted by Crippen LogP contribution is -2.27. The molecule has 1 unspecified atom stereocenters. The van der Waals surface area contributed by atoms with E-state index < -0.39 is 23.2 Å². The first-order valence-corrected chi connectivity index (χ1v) is 5.47. The molecule has 2 N–H and O–H groups in total. The van der Waals surface area contributed by atoms with Gasteiger partial charge in [-0.1, -0.05) is 0 Å². The van der Waals surface area contributed by atoms with Crippen LogP contribution in [0.15, 0.2) is 12.1 Å². The van der Waals surface area contributed by atoms with Gasteiger partial charge in [0.2, 0.25) is 0 Å². The Hall–Kier alpha value is -1.73. The molecule has 0 aromatic heterocycles. The van der Waals surface area contributed by atoms with Gasteiger partial charge in [-0.3, -0.25) is 0 Å². The second-order valence-electron chi connectivity index (χ2n) is 3.81. The molecule has 1 aromatic rings. The molecule has 0 saturated heterocycles. The predicted molar refractivity (Wildman–Crippen MR) is 64.5 cm³/mol. The quantitative estimate of drug-likeness (QED) is 0.793. The molecule has 1 rings (SSSR count). The molecule has 1 atom stereocenters. The largest absolute Gasteiger partial charge is 0.478 e. The van der Waals surface area contributed by atoms with Crippen LogP contribution in [0.2, 0.25) is 0 Å². The Balaban J connectivity index is 2.81. The highest BCUT2D eigenvalue weighted by molar-refractivity contribution is 5.88. The van der Waals surface area contributed by atoms with Gasteiger partial charge in [-0.25, -0.2) is 13.6 Å². The summed E-state index contributed by atoms with van der Waals surface area (Å²) in [7, 11) is 2.93. The number of methoxy groups -OCH3 is 2. The van der Waals surface area contributed by atoms with Gasteiger partial charge in [0, 0.05) is 20.8 Å². The van der Waals surface area contributed by atoms with Gasteiger partial charge in [0.15, 0.2) is 0 Å². The SMILES string of the molecule is COCC(CNc1c(F)cc(C(=O)O)cc1F)OC. The predicted octanol–water partition coefficient (Wildman–Crippen LogP) is 1.74. The van der Waals surface area contributed by atoms with Gasteiger partial charge in [0.1, 0.15) is 17.3 Å². The van der Waals surface area contributed by atoms with Crippen LogP contribution in [0.25, 0.3) is 0 Å². The molecule has 0 spiro atoms. The van der Waals surface area contributed by atoms with E-state index in [2.05, 4.69) is 5.32 Å². The third-order valence-electron chi connectivity index (χ3n) is 2.48. The number of rotatable bonds is 7. The number of carboxylic acids is 1. The number of aromatic carboxylic acids is 1. The zero-order chi connectivity index (χ0) is 14.4. The van der Waals surface area contributed by atoms with E-state index in [1.807, 2.05) is 0 Å². The van der Waals surface area contributed by atoms with Crippen LogP contribution in [0.3, 0.4) is 0 Å². The van der Waals surface area contributed by atoms with Crippen molar-refractivity contribution in [1.82, 2.24) is 0 Å². The summed E-state index contributed by atoms with van der Waals surface area (Å²) >= 11 is 0. The molecule has 106 valence electrons. The fraction of sp³-hybridized carbons (Fsp3) is 0.417. The van der Waals surface area contributed by atoms with Gasteiger partial charge in [-0.2, -0.15) is 0 Å². The number of carbonyl (C=O) groups is 1. The second-order valence-corrected chi connectivity index (χ2v) is 3.81. The lowest BCUT2D eigenvalue weighted by Gasteiger charge is -2.16. The molecule has 0 heterocycles. The van der Waals surface area contributed by atoms with Crippen LogP contribution in [-0.4, -0.2) is 44.6 Å². The molecular weight excluding hydrogens is 260 g/mol. The molecule has 19 heavy (non-hydrogen) atoms. The van der Waals surface area contributed by atoms with Crippen molar-refractivity contribution in [2.45, 2.75) is 6.10 Å². The minimum Gasteiger partial charge on any atom is -0.478 e. The molecule has 0 aliphatic rings. The van der Waals surface area contributed by atoms with Crippen molar-refractivity contribution in [2.75, 3.05) is 32.7 Å². The van der Waals surface area contributed by atoms with Crippen LogP contribution >= 0.6 is 0 Å². The third-order valence-corrected chi connectivity index (χ3v) is 2.48. The molecule has 0 bridgehead atoms. The van der Waals surface area contributed by atoms with Crippen LogP contribution in [0.5, 0.6) is 0 Å². The van der Waals surface area contributed by atoms with E-state index in [1.165, 1.54) is 14.2 Å². The molecule has 0 saturated carbocycles. The zero-order valence-electron chi connectivity index (χ0n) is 10.6. The first-order chi connectivity index (χ1) is 8.99. The fourth-order valence-corrected chi connectivity index (χ4v) is 1.48. The molecule has 5 nitrogen and oxygen atoms in total. The van der Waals surface area contributed by atoms with Crippen molar-refractivity contribution in [1.29, 1.82) is 0 Å². The Bertz CT molecular complexity index is 430. The molecule has 0 fully saturated rings. The third kappa shape index (κ3) is 4.15. The van der Waals surface area contributed by atoms with Crippen molar-refractivity contribution in [2.24, 2.45) is 0 Å². The van der Waals surface area contributed by atoms with Crippen molar-refractivity contribution in [3.05, 3.63) is 29.3 Å². The maximum absolute atomic E-state index is 13.6. The van der Waals surface area contributed by atoms with Gasteiger partial charge in [0.25, 0.3) is 0 Å². The van der Waals surface area contributed by atoms with Crippen LogP contribution in [0.4, 0.5) is 14.5 Å². The van der Waals surface area contributed by atoms with Gasteiger partial charge in [-0.15, -0.1) is 0 Å². The van der Waals surface area contributed by atoms with Gasteiger partial charge in [-0.05, 0) is 12.1 Å². The Morgan fingerprint density at radius 2 is 1.95 bits per heavy atom. The minimum absolute atomic E-state index is 0.130. The molecule has 0 aliphatic carbocycles. The number of nitrogens with one attached hydrogen (secondary N) is 1. The van der Waals surface area contributed by atoms with E-state index in [0.29, 0.717) is 0 Å². The van der Waals surface area contributed by atoms with Crippen molar-refractivity contribution in [3.63, 3.8) is 0 Å². The molecule has 1 aromatic carbocycles. The number of hydrogen-bond acceptors (Lipinski definition) is 4. The number of hydrogen-bond donors (Lipinski definition) is 2. The summed E-state index contributed by atoms with van der Waals surface area (Å²) in [6.45, 7) is 0.393. The van der Waals surface area contributed by atoms with Crippen LogP contribution < -0.4 is 5.32 Å². The highest BCUT2D eigenvalue weighted by Gasteiger charge is 2.16. The first-order valence-electron chi connectivity index (χ1n) is 5.47. The summed E-state index contributed by atoms with van der Waals surface area (Å²) in [4.78, 5) is 10.6. The van der Waals surface area contributed by atoms with E-state index in [4.69, 9.17) is 14.6 Å². The van der Waals surface area contributed by atoms with E-state index >= 15 is 0 Å². The highest BCUT2D eigenvalue weighted by Crippen LogP contribution is 2.21.